The first-order chi connectivity index (χ1) is 33.7. The standard InChI is InChI=1S/C66H43NO/c1-4-21-55-45(13-1)16-8-24-57(55)48-33-39-53(40-34-48)67(54-41-35-49(36-42-54)58-25-9-17-46-14-2-5-22-56(46)58)52-37-31-44(32-38-52)50-19-7-20-51(43-50)60-26-11-29-63-64-30-12-28-62(66(64)68-65(60)63)61-27-10-18-47-15-3-6-23-59(47)61/h1-43H. The number of para-hydroxylation sites is 2. The second-order valence-corrected chi connectivity index (χ2v) is 17.6. The van der Waals surface area contributed by atoms with Crippen molar-refractivity contribution in [2.75, 3.05) is 4.90 Å². The van der Waals surface area contributed by atoms with E-state index < -0.39 is 0 Å². The van der Waals surface area contributed by atoms with Crippen molar-refractivity contribution in [3.63, 3.8) is 0 Å². The van der Waals surface area contributed by atoms with Crippen LogP contribution in [0.2, 0.25) is 0 Å². The monoisotopic (exact) mass is 865 g/mol. The fourth-order valence-corrected chi connectivity index (χ4v) is 10.4. The van der Waals surface area contributed by atoms with Gasteiger partial charge in [-0.3, -0.25) is 0 Å². The van der Waals surface area contributed by atoms with Crippen LogP contribution in [0.15, 0.2) is 265 Å². The van der Waals surface area contributed by atoms with Gasteiger partial charge in [-0.15, -0.1) is 0 Å². The summed E-state index contributed by atoms with van der Waals surface area (Å²) in [7, 11) is 0. The van der Waals surface area contributed by atoms with Crippen LogP contribution < -0.4 is 4.90 Å². The van der Waals surface area contributed by atoms with Crippen molar-refractivity contribution in [1.29, 1.82) is 0 Å². The lowest BCUT2D eigenvalue weighted by Crippen LogP contribution is -2.09. The van der Waals surface area contributed by atoms with E-state index in [1.54, 1.807) is 0 Å². The van der Waals surface area contributed by atoms with Crippen LogP contribution in [0, 0.1) is 0 Å². The van der Waals surface area contributed by atoms with Crippen LogP contribution in [-0.4, -0.2) is 0 Å². The minimum absolute atomic E-state index is 0.899. The highest BCUT2D eigenvalue weighted by Gasteiger charge is 2.19. The van der Waals surface area contributed by atoms with Gasteiger partial charge in [-0.25, -0.2) is 0 Å². The number of nitrogens with zero attached hydrogens (tertiary/aromatic N) is 1. The van der Waals surface area contributed by atoms with Gasteiger partial charge in [0.25, 0.3) is 0 Å². The zero-order valence-corrected chi connectivity index (χ0v) is 37.2. The highest BCUT2D eigenvalue weighted by molar-refractivity contribution is 6.15. The molecule has 0 aliphatic rings. The third-order valence-corrected chi connectivity index (χ3v) is 13.7. The van der Waals surface area contributed by atoms with Crippen molar-refractivity contribution >= 4 is 71.3 Å². The number of fused-ring (bicyclic) bond motifs is 6. The van der Waals surface area contributed by atoms with Gasteiger partial charge in [-0.1, -0.05) is 218 Å². The number of hydrogen-bond donors (Lipinski definition) is 0. The molecule has 0 radical (unpaired) electrons. The quantitative estimate of drug-likeness (QED) is 0.151. The van der Waals surface area contributed by atoms with E-state index in [2.05, 4.69) is 266 Å². The number of hydrogen-bond acceptors (Lipinski definition) is 2. The van der Waals surface area contributed by atoms with Crippen molar-refractivity contribution in [2.45, 2.75) is 0 Å². The maximum atomic E-state index is 6.94. The molecule has 2 heteroatoms. The van der Waals surface area contributed by atoms with Crippen LogP contribution in [0.5, 0.6) is 0 Å². The van der Waals surface area contributed by atoms with Crippen LogP contribution in [0.25, 0.3) is 110 Å². The first-order valence-electron chi connectivity index (χ1n) is 23.3. The van der Waals surface area contributed by atoms with Crippen molar-refractivity contribution in [2.24, 2.45) is 0 Å². The molecular weight excluding hydrogens is 823 g/mol. The van der Waals surface area contributed by atoms with Gasteiger partial charge in [-0.2, -0.15) is 0 Å². The average molecular weight is 866 g/mol. The molecule has 0 atom stereocenters. The summed E-state index contributed by atoms with van der Waals surface area (Å²) in [5, 5.41) is 9.66. The first kappa shape index (κ1) is 39.4. The third kappa shape index (κ3) is 6.82. The summed E-state index contributed by atoms with van der Waals surface area (Å²) in [6, 6.07) is 94.2. The van der Waals surface area contributed by atoms with E-state index in [4.69, 9.17) is 4.42 Å². The molecule has 0 aliphatic heterocycles. The second kappa shape index (κ2) is 16.5. The van der Waals surface area contributed by atoms with Crippen LogP contribution in [0.4, 0.5) is 17.1 Å². The number of furan rings is 1. The van der Waals surface area contributed by atoms with Crippen molar-refractivity contribution in [3.8, 4) is 55.6 Å². The molecule has 0 N–H and O–H groups in total. The Kier molecular flexibility index (Phi) is 9.54. The summed E-state index contributed by atoms with van der Waals surface area (Å²) in [5.41, 5.74) is 16.7. The van der Waals surface area contributed by atoms with Gasteiger partial charge in [-0.05, 0) is 119 Å². The summed E-state index contributed by atoms with van der Waals surface area (Å²) >= 11 is 0. The molecule has 0 aliphatic carbocycles. The molecule has 1 aromatic heterocycles. The smallest absolute Gasteiger partial charge is 0.143 e. The zero-order chi connectivity index (χ0) is 45.0. The molecule has 0 fully saturated rings. The zero-order valence-electron chi connectivity index (χ0n) is 37.2. The number of rotatable bonds is 8. The molecule has 13 rings (SSSR count). The summed E-state index contributed by atoms with van der Waals surface area (Å²) in [6.07, 6.45) is 0. The van der Waals surface area contributed by atoms with Crippen LogP contribution in [0.3, 0.4) is 0 Å². The lowest BCUT2D eigenvalue weighted by atomic mass is 9.96. The predicted molar refractivity (Wildman–Crippen MR) is 288 cm³/mol. The molecule has 2 nitrogen and oxygen atoms in total. The van der Waals surface area contributed by atoms with E-state index in [1.807, 2.05) is 0 Å². The SMILES string of the molecule is c1cc(-c2ccc(N(c3ccc(-c4cccc5ccccc45)cc3)c3ccc(-c4cccc5ccccc45)cc3)cc2)cc(-c2cccc3c2oc2c(-c4cccc5ccccc45)cccc23)c1. The Morgan fingerprint density at radius 2 is 0.574 bits per heavy atom. The predicted octanol–water partition coefficient (Wildman–Crippen LogP) is 18.9. The topological polar surface area (TPSA) is 16.4 Å². The molecule has 13 aromatic rings. The number of anilines is 3. The highest BCUT2D eigenvalue weighted by atomic mass is 16.3. The second-order valence-electron chi connectivity index (χ2n) is 17.6. The van der Waals surface area contributed by atoms with Crippen LogP contribution in [0.1, 0.15) is 0 Å². The van der Waals surface area contributed by atoms with Gasteiger partial charge in [0, 0.05) is 39.0 Å². The lowest BCUT2D eigenvalue weighted by molar-refractivity contribution is 0.671. The van der Waals surface area contributed by atoms with Crippen LogP contribution >= 0.6 is 0 Å². The van der Waals surface area contributed by atoms with E-state index in [9.17, 15) is 0 Å². The maximum Gasteiger partial charge on any atom is 0.143 e. The summed E-state index contributed by atoms with van der Waals surface area (Å²) < 4.78 is 6.94. The molecule has 0 unspecified atom stereocenters. The number of benzene rings is 12. The molecule has 1 heterocycles. The minimum atomic E-state index is 0.899. The Balaban J connectivity index is 0.867. The van der Waals surface area contributed by atoms with Gasteiger partial charge in [0.1, 0.15) is 11.2 Å². The molecule has 0 saturated carbocycles. The fourth-order valence-electron chi connectivity index (χ4n) is 10.4. The molecular formula is C66H43NO. The lowest BCUT2D eigenvalue weighted by Gasteiger charge is -2.26. The maximum absolute atomic E-state index is 6.94. The fraction of sp³-hybridized carbons (Fsp3) is 0. The van der Waals surface area contributed by atoms with Crippen molar-refractivity contribution in [1.82, 2.24) is 0 Å². The van der Waals surface area contributed by atoms with Gasteiger partial charge in [0.15, 0.2) is 0 Å². The summed E-state index contributed by atoms with van der Waals surface area (Å²) in [6.45, 7) is 0. The summed E-state index contributed by atoms with van der Waals surface area (Å²) in [5.74, 6) is 0. The van der Waals surface area contributed by atoms with Gasteiger partial charge < -0.3 is 9.32 Å². The highest BCUT2D eigenvalue weighted by Crippen LogP contribution is 2.43. The van der Waals surface area contributed by atoms with E-state index in [0.717, 1.165) is 66.8 Å². The van der Waals surface area contributed by atoms with E-state index in [0.29, 0.717) is 0 Å². The average Bonchev–Trinajstić information content (AvgIpc) is 3.81. The van der Waals surface area contributed by atoms with Crippen molar-refractivity contribution < 1.29 is 4.42 Å². The molecule has 12 aromatic carbocycles. The van der Waals surface area contributed by atoms with Crippen LogP contribution in [-0.2, 0) is 0 Å². The van der Waals surface area contributed by atoms with Crippen molar-refractivity contribution in [3.05, 3.63) is 261 Å². The summed E-state index contributed by atoms with van der Waals surface area (Å²) in [4.78, 5) is 2.36. The minimum Gasteiger partial charge on any atom is -0.455 e. The Bertz CT molecular complexity index is 3870. The largest absolute Gasteiger partial charge is 0.455 e. The first-order valence-corrected chi connectivity index (χ1v) is 23.3. The Labute approximate surface area is 395 Å². The molecule has 0 saturated heterocycles. The molecule has 0 amide bonds. The Morgan fingerprint density at radius 1 is 0.221 bits per heavy atom. The molecule has 318 valence electrons. The van der Waals surface area contributed by atoms with Gasteiger partial charge >= 0.3 is 0 Å². The van der Waals surface area contributed by atoms with Gasteiger partial charge in [0.2, 0.25) is 0 Å². The van der Waals surface area contributed by atoms with E-state index in [1.165, 1.54) is 60.1 Å². The van der Waals surface area contributed by atoms with E-state index in [-0.39, 0.29) is 0 Å². The Morgan fingerprint density at radius 3 is 1.10 bits per heavy atom. The van der Waals surface area contributed by atoms with E-state index >= 15 is 0 Å². The van der Waals surface area contributed by atoms with Gasteiger partial charge in [0.05, 0.1) is 0 Å². The third-order valence-electron chi connectivity index (χ3n) is 13.7. The normalized spacial score (nSPS) is 11.5. The molecule has 0 bridgehead atoms. The molecule has 0 spiro atoms. The molecule has 68 heavy (non-hydrogen) atoms. The Hall–Kier alpha value is -8.98.